The standard InChI is InChI=1S/C5H10N2O3/c6-4(8)2-1-3-7-5(9)10/h7H,1-3H2,(H2,6,8)(H,9,10). The SMILES string of the molecule is NC(=O)CCCNC(=O)O. The minimum Gasteiger partial charge on any atom is -0.465 e. The van der Waals surface area contributed by atoms with Crippen molar-refractivity contribution in [2.75, 3.05) is 6.54 Å². The molecule has 2 amide bonds. The van der Waals surface area contributed by atoms with Crippen molar-refractivity contribution < 1.29 is 14.7 Å². The summed E-state index contributed by atoms with van der Waals surface area (Å²) in [5.41, 5.74) is 4.80. The Labute approximate surface area is 58.2 Å². The van der Waals surface area contributed by atoms with Gasteiger partial charge in [0.2, 0.25) is 5.91 Å². The normalized spacial score (nSPS) is 8.80. The van der Waals surface area contributed by atoms with E-state index in [1.807, 2.05) is 0 Å². The van der Waals surface area contributed by atoms with Gasteiger partial charge >= 0.3 is 6.09 Å². The molecule has 0 rings (SSSR count). The Bertz CT molecular complexity index is 119. The van der Waals surface area contributed by atoms with Crippen LogP contribution < -0.4 is 11.1 Å². The highest BCUT2D eigenvalue weighted by Gasteiger charge is 1.95. The quantitative estimate of drug-likeness (QED) is 0.467. The fraction of sp³-hybridized carbons (Fsp3) is 0.600. The van der Waals surface area contributed by atoms with Gasteiger partial charge in [0, 0.05) is 13.0 Å². The van der Waals surface area contributed by atoms with Crippen molar-refractivity contribution >= 4 is 12.0 Å². The van der Waals surface area contributed by atoms with Gasteiger partial charge in [-0.1, -0.05) is 0 Å². The summed E-state index contributed by atoms with van der Waals surface area (Å²) in [6.07, 6.45) is -0.397. The maximum absolute atomic E-state index is 10.1. The molecule has 0 aromatic heterocycles. The Morgan fingerprint density at radius 2 is 2.10 bits per heavy atom. The predicted molar refractivity (Wildman–Crippen MR) is 34.5 cm³/mol. The largest absolute Gasteiger partial charge is 0.465 e. The monoisotopic (exact) mass is 146 g/mol. The van der Waals surface area contributed by atoms with Gasteiger partial charge in [0.25, 0.3) is 0 Å². The van der Waals surface area contributed by atoms with Gasteiger partial charge in [0.15, 0.2) is 0 Å². The number of hydrogen-bond acceptors (Lipinski definition) is 2. The average molecular weight is 146 g/mol. The molecule has 58 valence electrons. The molecule has 0 aliphatic carbocycles. The van der Waals surface area contributed by atoms with Gasteiger partial charge in [-0.25, -0.2) is 4.79 Å². The molecule has 0 radical (unpaired) electrons. The van der Waals surface area contributed by atoms with Crippen LogP contribution in [0.5, 0.6) is 0 Å². The average Bonchev–Trinajstić information content (AvgIpc) is 1.79. The van der Waals surface area contributed by atoms with Gasteiger partial charge in [-0.3, -0.25) is 4.79 Å². The number of carbonyl (C=O) groups is 2. The van der Waals surface area contributed by atoms with Crippen LogP contribution in [0.25, 0.3) is 0 Å². The van der Waals surface area contributed by atoms with Gasteiger partial charge in [-0.05, 0) is 6.42 Å². The first-order valence-electron chi connectivity index (χ1n) is 2.88. The predicted octanol–water partition coefficient (Wildman–Crippen LogP) is -0.481. The van der Waals surface area contributed by atoms with E-state index in [1.165, 1.54) is 0 Å². The van der Waals surface area contributed by atoms with E-state index in [4.69, 9.17) is 10.8 Å². The molecule has 0 heterocycles. The van der Waals surface area contributed by atoms with Gasteiger partial charge in [-0.15, -0.1) is 0 Å². The Morgan fingerprint density at radius 3 is 2.50 bits per heavy atom. The van der Waals surface area contributed by atoms with E-state index >= 15 is 0 Å². The van der Waals surface area contributed by atoms with Gasteiger partial charge in [0.05, 0.1) is 0 Å². The zero-order chi connectivity index (χ0) is 7.98. The van der Waals surface area contributed by atoms with Crippen molar-refractivity contribution in [2.24, 2.45) is 5.73 Å². The lowest BCUT2D eigenvalue weighted by Crippen LogP contribution is -2.23. The van der Waals surface area contributed by atoms with Crippen LogP contribution in [0.4, 0.5) is 4.79 Å². The smallest absolute Gasteiger partial charge is 0.404 e. The molecule has 0 saturated carbocycles. The first kappa shape index (κ1) is 8.74. The molecule has 0 atom stereocenters. The molecule has 5 nitrogen and oxygen atoms in total. The highest BCUT2D eigenvalue weighted by atomic mass is 16.4. The first-order chi connectivity index (χ1) is 4.63. The molecular weight excluding hydrogens is 136 g/mol. The second-order valence-electron chi connectivity index (χ2n) is 1.80. The van der Waals surface area contributed by atoms with Crippen LogP contribution in [0.2, 0.25) is 0 Å². The summed E-state index contributed by atoms with van der Waals surface area (Å²) in [5.74, 6) is -0.410. The van der Waals surface area contributed by atoms with E-state index in [-0.39, 0.29) is 13.0 Å². The van der Waals surface area contributed by atoms with E-state index in [9.17, 15) is 9.59 Å². The first-order valence-corrected chi connectivity index (χ1v) is 2.88. The molecule has 0 saturated heterocycles. The summed E-state index contributed by atoms with van der Waals surface area (Å²) in [7, 11) is 0. The zero-order valence-corrected chi connectivity index (χ0v) is 5.46. The number of nitrogens with two attached hydrogens (primary N) is 1. The summed E-state index contributed by atoms with van der Waals surface area (Å²) >= 11 is 0. The van der Waals surface area contributed by atoms with Crippen molar-refractivity contribution in [3.8, 4) is 0 Å². The van der Waals surface area contributed by atoms with Crippen molar-refractivity contribution in [3.05, 3.63) is 0 Å². The van der Waals surface area contributed by atoms with Crippen LogP contribution in [0.3, 0.4) is 0 Å². The molecule has 0 unspecified atom stereocenters. The van der Waals surface area contributed by atoms with Crippen molar-refractivity contribution in [1.82, 2.24) is 5.32 Å². The number of primary amides is 1. The Kier molecular flexibility index (Phi) is 4.02. The van der Waals surface area contributed by atoms with Crippen LogP contribution in [-0.2, 0) is 4.79 Å². The number of rotatable bonds is 4. The van der Waals surface area contributed by atoms with Crippen LogP contribution in [0.1, 0.15) is 12.8 Å². The number of hydrogen-bond donors (Lipinski definition) is 3. The van der Waals surface area contributed by atoms with Crippen molar-refractivity contribution in [2.45, 2.75) is 12.8 Å². The van der Waals surface area contributed by atoms with E-state index in [2.05, 4.69) is 5.32 Å². The third kappa shape index (κ3) is 6.74. The lowest BCUT2D eigenvalue weighted by Gasteiger charge is -1.96. The second kappa shape index (κ2) is 4.60. The molecule has 0 fully saturated rings. The highest BCUT2D eigenvalue weighted by molar-refractivity contribution is 5.73. The van der Waals surface area contributed by atoms with Gasteiger partial charge < -0.3 is 16.2 Å². The van der Waals surface area contributed by atoms with E-state index in [1.54, 1.807) is 0 Å². The van der Waals surface area contributed by atoms with Crippen molar-refractivity contribution in [1.29, 1.82) is 0 Å². The molecule has 0 bridgehead atoms. The molecular formula is C5H10N2O3. The molecule has 0 aromatic rings. The van der Waals surface area contributed by atoms with Crippen LogP contribution in [-0.4, -0.2) is 23.7 Å². The second-order valence-corrected chi connectivity index (χ2v) is 1.80. The van der Waals surface area contributed by atoms with Crippen LogP contribution >= 0.6 is 0 Å². The summed E-state index contributed by atoms with van der Waals surface area (Å²) in [5, 5.41) is 10.2. The number of nitrogens with one attached hydrogen (secondary N) is 1. The maximum atomic E-state index is 10.1. The van der Waals surface area contributed by atoms with Crippen molar-refractivity contribution in [3.63, 3.8) is 0 Å². The molecule has 5 heteroatoms. The Hall–Kier alpha value is -1.26. The van der Waals surface area contributed by atoms with Gasteiger partial charge in [0.1, 0.15) is 0 Å². The zero-order valence-electron chi connectivity index (χ0n) is 5.46. The fourth-order valence-corrected chi connectivity index (χ4v) is 0.458. The Morgan fingerprint density at radius 1 is 1.50 bits per heavy atom. The summed E-state index contributed by atoms with van der Waals surface area (Å²) < 4.78 is 0. The number of amides is 2. The minimum atomic E-state index is -1.08. The molecule has 10 heavy (non-hydrogen) atoms. The van der Waals surface area contributed by atoms with Crippen LogP contribution in [0, 0.1) is 0 Å². The van der Waals surface area contributed by atoms with E-state index in [0.717, 1.165) is 0 Å². The lowest BCUT2D eigenvalue weighted by molar-refractivity contribution is -0.118. The molecule has 0 aliphatic rings. The highest BCUT2D eigenvalue weighted by Crippen LogP contribution is 1.83. The van der Waals surface area contributed by atoms with Crippen LogP contribution in [0.15, 0.2) is 0 Å². The molecule has 0 aliphatic heterocycles. The summed E-state index contributed by atoms with van der Waals surface area (Å²) in [6, 6.07) is 0. The third-order valence-electron chi connectivity index (χ3n) is 0.876. The lowest BCUT2D eigenvalue weighted by atomic mass is 10.3. The molecule has 0 spiro atoms. The fourth-order valence-electron chi connectivity index (χ4n) is 0.458. The summed E-state index contributed by atoms with van der Waals surface area (Å²) in [4.78, 5) is 19.9. The third-order valence-corrected chi connectivity index (χ3v) is 0.876. The van der Waals surface area contributed by atoms with E-state index in [0.29, 0.717) is 6.42 Å². The minimum absolute atomic E-state index is 0.222. The number of carbonyl (C=O) groups excluding carboxylic acids is 1. The summed E-state index contributed by atoms with van der Waals surface area (Å²) in [6.45, 7) is 0.276. The number of carboxylic acid groups (broad SMARTS) is 1. The van der Waals surface area contributed by atoms with E-state index < -0.39 is 12.0 Å². The topological polar surface area (TPSA) is 92.4 Å². The Balaban J connectivity index is 3.06. The maximum Gasteiger partial charge on any atom is 0.404 e. The van der Waals surface area contributed by atoms with Gasteiger partial charge in [-0.2, -0.15) is 0 Å². The molecule has 0 aromatic carbocycles. The molecule has 4 N–H and O–H groups in total.